The Morgan fingerprint density at radius 2 is 0.786 bits per heavy atom. The number of hydrogen-bond acceptors (Lipinski definition) is 24. The maximum Gasteiger partial charge on any atom is 0.305 e. The number of phenolic OH excluding ortho intramolecular Hbond substituents is 15. The van der Waals surface area contributed by atoms with Gasteiger partial charge in [0.2, 0.25) is 0 Å². The molecule has 432 valence electrons. The van der Waals surface area contributed by atoms with Crippen LogP contribution in [0.25, 0.3) is 0 Å². The Morgan fingerprint density at radius 1 is 0.333 bits per heavy atom. The third-order valence-electron chi connectivity index (χ3n) is 16.4. The molecular formula is C60H48O24. The fraction of sp³-hybridized carbons (Fsp3) is 0.200. The molecule has 0 radical (unpaired) electrons. The molecule has 0 saturated carbocycles. The zero-order chi connectivity index (χ0) is 59.4. The first-order valence-corrected chi connectivity index (χ1v) is 25.8. The molecule has 0 aliphatic carbocycles. The highest BCUT2D eigenvalue weighted by atomic mass is 16.7. The Balaban J connectivity index is 1.09. The van der Waals surface area contributed by atoms with Gasteiger partial charge in [-0.05, 0) is 71.3 Å². The lowest BCUT2D eigenvalue weighted by Gasteiger charge is -2.52. The minimum Gasteiger partial charge on any atom is -0.508 e. The Morgan fingerprint density at radius 3 is 1.36 bits per heavy atom. The van der Waals surface area contributed by atoms with Gasteiger partial charge in [0, 0.05) is 81.3 Å². The molecular weight excluding hydrogens is 1100 g/mol. The largest absolute Gasteiger partial charge is 0.508 e. The molecule has 13 rings (SSSR count). The molecule has 0 spiro atoms. The number of ether oxygens (including phenoxy) is 5. The second kappa shape index (κ2) is 18.6. The first kappa shape index (κ1) is 52.9. The van der Waals surface area contributed by atoms with Gasteiger partial charge in [0.05, 0.1) is 23.9 Å². The summed E-state index contributed by atoms with van der Waals surface area (Å²) in [7, 11) is 0. The minimum atomic E-state index is -2.72. The van der Waals surface area contributed by atoms with Crippen molar-refractivity contribution in [3.05, 3.63) is 164 Å². The van der Waals surface area contributed by atoms with E-state index in [4.69, 9.17) is 23.7 Å². The van der Waals surface area contributed by atoms with E-state index in [1.165, 1.54) is 24.3 Å². The number of benzene rings is 8. The average molecular weight is 1150 g/mol. The zero-order valence-electron chi connectivity index (χ0n) is 42.8. The zero-order valence-corrected chi connectivity index (χ0v) is 42.8. The maximum atomic E-state index is 13.2. The van der Waals surface area contributed by atoms with Gasteiger partial charge in [-0.15, -0.1) is 0 Å². The fourth-order valence-electron chi connectivity index (χ4n) is 12.5. The average Bonchev–Trinajstić information content (AvgIpc) is 0.890. The lowest BCUT2D eigenvalue weighted by Crippen LogP contribution is -2.58. The monoisotopic (exact) mass is 1150 g/mol. The van der Waals surface area contributed by atoms with Crippen LogP contribution in [0.3, 0.4) is 0 Å². The molecule has 19 N–H and O–H groups in total. The van der Waals surface area contributed by atoms with Crippen molar-refractivity contribution in [1.82, 2.24) is 0 Å². The lowest BCUT2D eigenvalue weighted by atomic mass is 9.70. The van der Waals surface area contributed by atoms with Crippen LogP contribution in [-0.2, 0) is 12.2 Å². The normalized spacial score (nSPS) is 25.1. The van der Waals surface area contributed by atoms with E-state index in [2.05, 4.69) is 0 Å². The van der Waals surface area contributed by atoms with Crippen molar-refractivity contribution < 1.29 is 121 Å². The Labute approximate surface area is 471 Å². The standard InChI is InChI=1S/C60H48O24/c61-23-13-34(71)42-40(14-23)80-54(20-2-6-26(63)31(68)10-20)51(77)48(42)45-36(73)17-37(74)46-50-47-41(83-60(59(50)79,84-58(45)46)22-4-8-28(65)33(70)12-22)18-38(75)44-49(52(78)55(82-57(44)47)21-3-7-27(64)32(69)11-21)43-35(72)16-29(66)24-15-39(76)53(81-56(24)43)19-1-5-25(62)30(67)9-19/h1-14,16-18,39,48-55,59,61-79H,15H2/t39-,48-,49-,50-,51-,52-,53+,54-,55-,59-,60-/m1/s1. The van der Waals surface area contributed by atoms with Crippen molar-refractivity contribution in [2.45, 2.75) is 72.7 Å². The van der Waals surface area contributed by atoms with E-state index in [-0.39, 0.29) is 56.0 Å². The Bertz CT molecular complexity index is 4110. The van der Waals surface area contributed by atoms with E-state index < -0.39 is 193 Å². The van der Waals surface area contributed by atoms with Gasteiger partial charge in [0.25, 0.3) is 0 Å². The quantitative estimate of drug-likeness (QED) is 0.0889. The maximum absolute atomic E-state index is 13.2. The van der Waals surface area contributed by atoms with Gasteiger partial charge in [-0.25, -0.2) is 0 Å². The summed E-state index contributed by atoms with van der Waals surface area (Å²) in [6.07, 6.45) is -12.8. The van der Waals surface area contributed by atoms with Crippen LogP contribution in [-0.4, -0.2) is 121 Å². The van der Waals surface area contributed by atoms with Crippen molar-refractivity contribution in [2.24, 2.45) is 0 Å². The van der Waals surface area contributed by atoms with E-state index in [1.807, 2.05) is 0 Å². The molecule has 0 amide bonds. The number of hydrogen-bond donors (Lipinski definition) is 19. The van der Waals surface area contributed by atoms with Gasteiger partial charge in [-0.3, -0.25) is 0 Å². The summed E-state index contributed by atoms with van der Waals surface area (Å²) in [5, 5.41) is 218. The summed E-state index contributed by atoms with van der Waals surface area (Å²) in [5.41, 5.74) is -2.64. The molecule has 0 fully saturated rings. The first-order valence-electron chi connectivity index (χ1n) is 25.8. The van der Waals surface area contributed by atoms with E-state index in [1.54, 1.807) is 0 Å². The Hall–Kier alpha value is -10.4. The van der Waals surface area contributed by atoms with E-state index >= 15 is 0 Å². The predicted molar refractivity (Wildman–Crippen MR) is 283 cm³/mol. The van der Waals surface area contributed by atoms with Crippen LogP contribution in [0.5, 0.6) is 115 Å². The first-order chi connectivity index (χ1) is 40.0. The molecule has 8 aromatic rings. The highest BCUT2D eigenvalue weighted by Crippen LogP contribution is 2.68. The Kier molecular flexibility index (Phi) is 11.7. The van der Waals surface area contributed by atoms with Gasteiger partial charge >= 0.3 is 5.79 Å². The number of phenols is 15. The van der Waals surface area contributed by atoms with Crippen molar-refractivity contribution in [3.8, 4) is 115 Å². The van der Waals surface area contributed by atoms with E-state index in [0.29, 0.717) is 0 Å². The molecule has 0 unspecified atom stereocenters. The molecule has 0 aromatic heterocycles. The second-order valence-corrected chi connectivity index (χ2v) is 21.2. The molecule has 8 aromatic carbocycles. The number of rotatable bonds is 6. The second-order valence-electron chi connectivity index (χ2n) is 21.2. The van der Waals surface area contributed by atoms with E-state index in [9.17, 15) is 97.0 Å². The van der Waals surface area contributed by atoms with Gasteiger partial charge < -0.3 is 121 Å². The van der Waals surface area contributed by atoms with Crippen molar-refractivity contribution >= 4 is 0 Å². The van der Waals surface area contributed by atoms with E-state index in [0.717, 1.165) is 78.9 Å². The topological polar surface area (TPSA) is 431 Å². The highest BCUT2D eigenvalue weighted by Gasteiger charge is 2.62. The SMILES string of the molecule is Oc1cc(O)c2c(c1)O[C@H](c1ccc(O)c(O)c1)[C@H](O)[C@H]2c1c(O)cc(O)c2c1O[C@@]1(c3ccc(O)c(O)c3)Oc3cc(O)c4c(c3[C@@H]2[C@H]1O)O[C@H](c1ccc(O)c(O)c1)[C@H](O)[C@@H]4c1c(O)cc(O)c2c1O[C@@H](c1ccc(O)c(O)c1)[C@H](O)C2. The predicted octanol–water partition coefficient (Wildman–Crippen LogP) is 5.69. The van der Waals surface area contributed by atoms with Crippen LogP contribution in [0.2, 0.25) is 0 Å². The van der Waals surface area contributed by atoms with Crippen molar-refractivity contribution in [2.75, 3.05) is 0 Å². The summed E-state index contributed by atoms with van der Waals surface area (Å²) in [4.78, 5) is 0. The smallest absolute Gasteiger partial charge is 0.305 e. The van der Waals surface area contributed by atoms with Crippen molar-refractivity contribution in [1.29, 1.82) is 0 Å². The van der Waals surface area contributed by atoms with Crippen LogP contribution in [0.4, 0.5) is 0 Å². The lowest BCUT2D eigenvalue weighted by molar-refractivity contribution is -0.219. The molecule has 24 heteroatoms. The third kappa shape index (κ3) is 7.68. The van der Waals surface area contributed by atoms with Gasteiger partial charge in [-0.2, -0.15) is 0 Å². The van der Waals surface area contributed by atoms with Crippen LogP contribution < -0.4 is 23.7 Å². The molecule has 0 saturated heterocycles. The number of fused-ring (bicyclic) bond motifs is 10. The summed E-state index contributed by atoms with van der Waals surface area (Å²) in [5.74, 6) is -20.4. The van der Waals surface area contributed by atoms with Crippen LogP contribution in [0.15, 0.2) is 103 Å². The molecule has 5 aliphatic rings. The minimum absolute atomic E-state index is 0.0134. The summed E-state index contributed by atoms with van der Waals surface area (Å²) < 4.78 is 32.9. The number of aromatic hydroxyl groups is 15. The molecule has 11 atom stereocenters. The van der Waals surface area contributed by atoms with Crippen LogP contribution >= 0.6 is 0 Å². The third-order valence-corrected chi connectivity index (χ3v) is 16.4. The molecule has 5 heterocycles. The van der Waals surface area contributed by atoms with Gasteiger partial charge in [0.15, 0.2) is 58.2 Å². The highest BCUT2D eigenvalue weighted by molar-refractivity contribution is 5.74. The van der Waals surface area contributed by atoms with Gasteiger partial charge in [-0.1, -0.05) is 18.2 Å². The molecule has 2 bridgehead atoms. The van der Waals surface area contributed by atoms with Crippen LogP contribution in [0.1, 0.15) is 97.3 Å². The van der Waals surface area contributed by atoms with Crippen LogP contribution in [0, 0.1) is 0 Å². The molecule has 5 aliphatic heterocycles. The van der Waals surface area contributed by atoms with Gasteiger partial charge in [0.1, 0.15) is 93.4 Å². The summed E-state index contributed by atoms with van der Waals surface area (Å²) in [6.45, 7) is 0. The number of aliphatic hydroxyl groups is 4. The summed E-state index contributed by atoms with van der Waals surface area (Å²) in [6, 6.07) is 18.2. The molecule has 24 nitrogen and oxygen atoms in total. The molecule has 84 heavy (non-hydrogen) atoms. The fourth-order valence-corrected chi connectivity index (χ4v) is 12.5. The van der Waals surface area contributed by atoms with Crippen molar-refractivity contribution in [3.63, 3.8) is 0 Å². The number of aliphatic hydroxyl groups excluding tert-OH is 4. The summed E-state index contributed by atoms with van der Waals surface area (Å²) >= 11 is 0.